The maximum Gasteiger partial charge on any atom is 2.00 e. The Balaban J connectivity index is 0.00000120. The Morgan fingerprint density at radius 1 is 0.950 bits per heavy atom. The fourth-order valence-electron chi connectivity index (χ4n) is 3.16. The third kappa shape index (κ3) is 3.23. The van der Waals surface area contributed by atoms with E-state index in [1.54, 1.807) is 16.3 Å². The predicted octanol–water partition coefficient (Wildman–Crippen LogP) is -1.80. The summed E-state index contributed by atoms with van der Waals surface area (Å²) >= 11 is 0. The maximum atomic E-state index is 2.44. The third-order valence-corrected chi connectivity index (χ3v) is 5.71. The van der Waals surface area contributed by atoms with E-state index in [0.717, 1.165) is 0 Å². The van der Waals surface area contributed by atoms with Gasteiger partial charge in [0.05, 0.1) is 8.80 Å². The van der Waals surface area contributed by atoms with Crippen LogP contribution in [0.5, 0.6) is 0 Å². The summed E-state index contributed by atoms with van der Waals surface area (Å²) in [6, 6.07) is 13.4. The molecule has 0 radical (unpaired) electrons. The van der Waals surface area contributed by atoms with Crippen molar-refractivity contribution in [3.63, 3.8) is 0 Å². The zero-order valence-corrected chi connectivity index (χ0v) is 16.2. The topological polar surface area (TPSA) is 0 Å². The summed E-state index contributed by atoms with van der Waals surface area (Å²) in [4.78, 5) is 0. The first kappa shape index (κ1) is 20.0. The van der Waals surface area contributed by atoms with Crippen molar-refractivity contribution < 1.29 is 46.5 Å². The largest absolute Gasteiger partial charge is 2.00 e. The van der Waals surface area contributed by atoms with Gasteiger partial charge in [-0.2, -0.15) is 0 Å². The van der Waals surface area contributed by atoms with E-state index in [4.69, 9.17) is 0 Å². The molecule has 0 N–H and O–H groups in total. The zero-order chi connectivity index (χ0) is 12.0. The zero-order valence-electron chi connectivity index (χ0n) is 12.0. The number of benzene rings is 2. The summed E-state index contributed by atoms with van der Waals surface area (Å²) in [5.74, 6) is 0. The Morgan fingerprint density at radius 3 is 2.25 bits per heavy atom. The molecule has 1 aliphatic carbocycles. The Morgan fingerprint density at radius 2 is 1.60 bits per heavy atom. The number of rotatable bonds is 1. The van der Waals surface area contributed by atoms with Gasteiger partial charge in [0.1, 0.15) is 0 Å². The van der Waals surface area contributed by atoms with Gasteiger partial charge in [0.2, 0.25) is 0 Å². The molecule has 0 aliphatic heterocycles. The van der Waals surface area contributed by atoms with E-state index in [1.807, 2.05) is 0 Å². The summed E-state index contributed by atoms with van der Waals surface area (Å²) in [5.41, 5.74) is 4.72. The van der Waals surface area contributed by atoms with Crippen LogP contribution in [0.2, 0.25) is 13.1 Å². The molecule has 0 nitrogen and oxygen atoms in total. The Labute approximate surface area is 150 Å². The predicted molar refractivity (Wildman–Crippen MR) is 79.1 cm³/mol. The van der Waals surface area contributed by atoms with Crippen LogP contribution in [-0.2, 0) is 28.1 Å². The normalized spacial score (nSPS) is 12.6. The van der Waals surface area contributed by atoms with E-state index >= 15 is 0 Å². The van der Waals surface area contributed by atoms with Crippen LogP contribution in [0.15, 0.2) is 42.0 Å². The van der Waals surface area contributed by atoms with Crippen molar-refractivity contribution in [3.05, 3.63) is 53.1 Å². The molecule has 0 amide bonds. The second kappa shape index (κ2) is 7.82. The third-order valence-electron chi connectivity index (χ3n) is 3.78. The van der Waals surface area contributed by atoms with Crippen LogP contribution in [0.4, 0.5) is 0 Å². The molecule has 0 saturated heterocycles. The first-order valence-electron chi connectivity index (χ1n) is 6.39. The monoisotopic (exact) mass is 356 g/mol. The van der Waals surface area contributed by atoms with Crippen LogP contribution in [0.1, 0.15) is 18.1 Å². The van der Waals surface area contributed by atoms with E-state index in [0.29, 0.717) is 0 Å². The van der Waals surface area contributed by atoms with Gasteiger partial charge in [-0.3, -0.25) is 0 Å². The van der Waals surface area contributed by atoms with E-state index in [9.17, 15) is 0 Å². The van der Waals surface area contributed by atoms with Gasteiger partial charge >= 0.3 is 21.7 Å². The SMILES string of the molecule is CC1=C([SiH](C)C)c2c(ccc3ccccc23)C1.[Cl-].[Cl-].[Ti+2]. The molecule has 1 aliphatic rings. The van der Waals surface area contributed by atoms with Crippen LogP contribution in [0.25, 0.3) is 16.0 Å². The molecule has 2 aromatic carbocycles. The Bertz CT molecular complexity index is 635. The van der Waals surface area contributed by atoms with Crippen molar-refractivity contribution >= 4 is 24.8 Å². The van der Waals surface area contributed by atoms with Crippen molar-refractivity contribution in [2.24, 2.45) is 0 Å². The molecule has 0 spiro atoms. The molecule has 104 valence electrons. The first-order valence-corrected chi connectivity index (χ1v) is 9.28. The minimum Gasteiger partial charge on any atom is -1.00 e. The summed E-state index contributed by atoms with van der Waals surface area (Å²) in [6.07, 6.45) is 1.17. The molecular weight excluding hydrogens is 339 g/mol. The summed E-state index contributed by atoms with van der Waals surface area (Å²) < 4.78 is 0. The van der Waals surface area contributed by atoms with Gasteiger partial charge in [-0.05, 0) is 35.2 Å². The number of fused-ring (bicyclic) bond motifs is 3. The van der Waals surface area contributed by atoms with Gasteiger partial charge in [-0.25, -0.2) is 0 Å². The van der Waals surface area contributed by atoms with E-state index in [1.165, 1.54) is 22.8 Å². The summed E-state index contributed by atoms with van der Waals surface area (Å²) in [7, 11) is -0.746. The van der Waals surface area contributed by atoms with Gasteiger partial charge in [-0.15, -0.1) is 0 Å². The van der Waals surface area contributed by atoms with Crippen LogP contribution >= 0.6 is 0 Å². The van der Waals surface area contributed by atoms with Gasteiger partial charge < -0.3 is 24.8 Å². The second-order valence-corrected chi connectivity index (χ2v) is 8.23. The fourth-order valence-corrected chi connectivity index (χ4v) is 5.16. The minimum atomic E-state index is -0.746. The smallest absolute Gasteiger partial charge is 1.00 e. The van der Waals surface area contributed by atoms with Crippen LogP contribution < -0.4 is 24.8 Å². The van der Waals surface area contributed by atoms with Gasteiger partial charge in [0.25, 0.3) is 0 Å². The standard InChI is InChI=1S/C16H18Si.2ClH.Ti/c1-11-10-13-9-8-12-6-4-5-7-14(12)15(13)16(11)17(2)3;;;/h4-9,17H,10H2,1-3H3;2*1H;/q;;;+2/p-2. The molecule has 20 heavy (non-hydrogen) atoms. The summed E-state index contributed by atoms with van der Waals surface area (Å²) in [6.45, 7) is 7.20. The van der Waals surface area contributed by atoms with Gasteiger partial charge in [0.15, 0.2) is 0 Å². The van der Waals surface area contributed by atoms with Crippen molar-refractivity contribution in [2.75, 3.05) is 0 Å². The number of hydrogen-bond donors (Lipinski definition) is 0. The first-order chi connectivity index (χ1) is 8.18. The molecule has 0 aromatic heterocycles. The second-order valence-electron chi connectivity index (χ2n) is 5.35. The fraction of sp³-hybridized carbons (Fsp3) is 0.250. The molecule has 0 fully saturated rings. The average molecular weight is 357 g/mol. The molecule has 2 aromatic rings. The van der Waals surface area contributed by atoms with E-state index in [2.05, 4.69) is 56.4 Å². The van der Waals surface area contributed by atoms with Crippen LogP contribution in [-0.4, -0.2) is 8.80 Å². The van der Waals surface area contributed by atoms with Crippen molar-refractivity contribution in [1.82, 2.24) is 0 Å². The molecule has 3 rings (SSSR count). The minimum absolute atomic E-state index is 0. The molecule has 0 atom stereocenters. The molecular formula is C16H18Cl2SiTi. The molecule has 0 bridgehead atoms. The maximum absolute atomic E-state index is 2.44. The van der Waals surface area contributed by atoms with Crippen LogP contribution in [0, 0.1) is 0 Å². The van der Waals surface area contributed by atoms with Crippen LogP contribution in [0.3, 0.4) is 0 Å². The number of hydrogen-bond acceptors (Lipinski definition) is 0. The number of halogens is 2. The van der Waals surface area contributed by atoms with E-state index in [-0.39, 0.29) is 46.5 Å². The molecule has 4 heteroatoms. The van der Waals surface area contributed by atoms with Crippen molar-refractivity contribution in [2.45, 2.75) is 26.4 Å². The molecule has 0 heterocycles. The molecule has 0 saturated carbocycles. The van der Waals surface area contributed by atoms with Gasteiger partial charge in [-0.1, -0.05) is 60.3 Å². The summed E-state index contributed by atoms with van der Waals surface area (Å²) in [5, 5.41) is 4.54. The van der Waals surface area contributed by atoms with Crippen molar-refractivity contribution in [1.29, 1.82) is 0 Å². The quantitative estimate of drug-likeness (QED) is 0.529. The molecule has 0 unspecified atom stereocenters. The number of allylic oxidation sites excluding steroid dienone is 1. The average Bonchev–Trinajstić information content (AvgIpc) is 2.65. The Kier molecular flexibility index (Phi) is 7.80. The van der Waals surface area contributed by atoms with E-state index < -0.39 is 8.80 Å². The van der Waals surface area contributed by atoms with Crippen molar-refractivity contribution in [3.8, 4) is 0 Å². The van der Waals surface area contributed by atoms with Gasteiger partial charge in [0, 0.05) is 0 Å². The Hall–Kier alpha value is -0.0488.